The predicted molar refractivity (Wildman–Crippen MR) is 109 cm³/mol. The average molecular weight is 404 g/mol. The molecule has 2 heterocycles. The van der Waals surface area contributed by atoms with Gasteiger partial charge in [0.25, 0.3) is 0 Å². The summed E-state index contributed by atoms with van der Waals surface area (Å²) in [6, 6.07) is 6.08. The maximum Gasteiger partial charge on any atom is 0.407 e. The van der Waals surface area contributed by atoms with Crippen molar-refractivity contribution in [2.24, 2.45) is 5.92 Å². The lowest BCUT2D eigenvalue weighted by Crippen LogP contribution is -2.43. The SMILES string of the molecule is CCCc1ccc(OC)c(-c2csc(NC(=O)[C@H]3CCCN(C(=O)O)C3)n2)c1. The van der Waals surface area contributed by atoms with Gasteiger partial charge in [-0.25, -0.2) is 9.78 Å². The fraction of sp³-hybridized carbons (Fsp3) is 0.450. The highest BCUT2D eigenvalue weighted by atomic mass is 32.1. The Bertz CT molecular complexity index is 852. The van der Waals surface area contributed by atoms with Crippen molar-refractivity contribution in [2.75, 3.05) is 25.5 Å². The number of carboxylic acid groups (broad SMARTS) is 1. The summed E-state index contributed by atoms with van der Waals surface area (Å²) in [7, 11) is 1.63. The number of hydrogen-bond donors (Lipinski definition) is 2. The van der Waals surface area contributed by atoms with Crippen molar-refractivity contribution in [2.45, 2.75) is 32.6 Å². The highest BCUT2D eigenvalue weighted by Gasteiger charge is 2.28. The Morgan fingerprint density at radius 1 is 1.43 bits per heavy atom. The molecular formula is C20H25N3O4S. The monoisotopic (exact) mass is 403 g/mol. The van der Waals surface area contributed by atoms with Gasteiger partial charge in [0.1, 0.15) is 5.75 Å². The highest BCUT2D eigenvalue weighted by molar-refractivity contribution is 7.14. The number of anilines is 1. The Hall–Kier alpha value is -2.61. The minimum Gasteiger partial charge on any atom is -0.496 e. The van der Waals surface area contributed by atoms with E-state index in [4.69, 9.17) is 9.84 Å². The molecule has 1 fully saturated rings. The van der Waals surface area contributed by atoms with Crippen LogP contribution in [-0.2, 0) is 11.2 Å². The van der Waals surface area contributed by atoms with E-state index in [1.807, 2.05) is 11.4 Å². The summed E-state index contributed by atoms with van der Waals surface area (Å²) in [5.41, 5.74) is 2.87. The van der Waals surface area contributed by atoms with Gasteiger partial charge >= 0.3 is 6.09 Å². The second-order valence-electron chi connectivity index (χ2n) is 6.88. The second kappa shape index (κ2) is 9.05. The third-order valence-electron chi connectivity index (χ3n) is 4.88. The molecule has 1 aliphatic rings. The maximum atomic E-state index is 12.6. The van der Waals surface area contributed by atoms with Crippen LogP contribution in [0.5, 0.6) is 5.75 Å². The maximum absolute atomic E-state index is 12.6. The third-order valence-corrected chi connectivity index (χ3v) is 5.63. The van der Waals surface area contributed by atoms with E-state index in [1.165, 1.54) is 21.8 Å². The van der Waals surface area contributed by atoms with Crippen LogP contribution in [0.4, 0.5) is 9.93 Å². The number of rotatable bonds is 6. The Morgan fingerprint density at radius 2 is 2.25 bits per heavy atom. The van der Waals surface area contributed by atoms with Gasteiger partial charge in [-0.3, -0.25) is 4.79 Å². The first-order valence-electron chi connectivity index (χ1n) is 9.43. The van der Waals surface area contributed by atoms with Gasteiger partial charge in [-0.05, 0) is 37.0 Å². The van der Waals surface area contributed by atoms with Crippen LogP contribution in [0.25, 0.3) is 11.3 Å². The van der Waals surface area contributed by atoms with E-state index >= 15 is 0 Å². The lowest BCUT2D eigenvalue weighted by molar-refractivity contribution is -0.121. The van der Waals surface area contributed by atoms with Crippen molar-refractivity contribution in [3.8, 4) is 17.0 Å². The van der Waals surface area contributed by atoms with Crippen LogP contribution >= 0.6 is 11.3 Å². The number of piperidine rings is 1. The van der Waals surface area contributed by atoms with Crippen molar-refractivity contribution in [1.29, 1.82) is 0 Å². The summed E-state index contributed by atoms with van der Waals surface area (Å²) in [4.78, 5) is 29.6. The Kier molecular flexibility index (Phi) is 6.51. The predicted octanol–water partition coefficient (Wildman–Crippen LogP) is 4.10. The van der Waals surface area contributed by atoms with Crippen molar-refractivity contribution in [3.05, 3.63) is 29.1 Å². The fourth-order valence-electron chi connectivity index (χ4n) is 3.43. The second-order valence-corrected chi connectivity index (χ2v) is 7.74. The van der Waals surface area contributed by atoms with Crippen molar-refractivity contribution in [1.82, 2.24) is 9.88 Å². The molecule has 28 heavy (non-hydrogen) atoms. The fourth-order valence-corrected chi connectivity index (χ4v) is 4.14. The van der Waals surface area contributed by atoms with E-state index in [0.717, 1.165) is 29.8 Å². The van der Waals surface area contributed by atoms with Crippen LogP contribution in [0.1, 0.15) is 31.7 Å². The zero-order chi connectivity index (χ0) is 20.1. The molecule has 1 aromatic heterocycles. The summed E-state index contributed by atoms with van der Waals surface area (Å²) in [6.45, 7) is 2.85. The van der Waals surface area contributed by atoms with Crippen molar-refractivity contribution in [3.63, 3.8) is 0 Å². The number of likely N-dealkylation sites (tertiary alicyclic amines) is 1. The quantitative estimate of drug-likeness (QED) is 0.758. The van der Waals surface area contributed by atoms with Crippen LogP contribution in [0.15, 0.2) is 23.6 Å². The number of nitrogens with zero attached hydrogens (tertiary/aromatic N) is 2. The van der Waals surface area contributed by atoms with Crippen LogP contribution in [0.2, 0.25) is 0 Å². The van der Waals surface area contributed by atoms with Crippen LogP contribution < -0.4 is 10.1 Å². The van der Waals surface area contributed by atoms with Crippen molar-refractivity contribution < 1.29 is 19.4 Å². The molecule has 0 spiro atoms. The van der Waals surface area contributed by atoms with Gasteiger partial charge in [0, 0.05) is 24.0 Å². The van der Waals surface area contributed by atoms with Crippen LogP contribution in [0, 0.1) is 5.92 Å². The normalized spacial score (nSPS) is 16.6. The number of thiazole rings is 1. The van der Waals surface area contributed by atoms with E-state index < -0.39 is 6.09 Å². The molecule has 0 unspecified atom stereocenters. The molecule has 150 valence electrons. The number of methoxy groups -OCH3 is 1. The largest absolute Gasteiger partial charge is 0.496 e. The molecular weight excluding hydrogens is 378 g/mol. The average Bonchev–Trinajstić information content (AvgIpc) is 3.16. The smallest absolute Gasteiger partial charge is 0.407 e. The number of carbonyl (C=O) groups excluding carboxylic acids is 1. The summed E-state index contributed by atoms with van der Waals surface area (Å²) in [6.07, 6.45) is 2.43. The molecule has 8 heteroatoms. The Morgan fingerprint density at radius 3 is 2.96 bits per heavy atom. The van der Waals surface area contributed by atoms with E-state index in [2.05, 4.69) is 29.4 Å². The summed E-state index contributed by atoms with van der Waals surface area (Å²) >= 11 is 1.35. The van der Waals surface area contributed by atoms with Gasteiger partial charge in [-0.2, -0.15) is 0 Å². The topological polar surface area (TPSA) is 91.8 Å². The first-order valence-corrected chi connectivity index (χ1v) is 10.3. The van der Waals surface area contributed by atoms with Gasteiger partial charge in [-0.1, -0.05) is 19.4 Å². The standard InChI is InChI=1S/C20H25N3O4S/c1-3-5-13-7-8-17(27-2)15(10-13)16-12-28-19(21-16)22-18(24)14-6-4-9-23(11-14)20(25)26/h7-8,10,12,14H,3-6,9,11H2,1-2H3,(H,25,26)(H,21,22,24)/t14-/m0/s1. The molecule has 1 saturated heterocycles. The molecule has 2 N–H and O–H groups in total. The molecule has 0 aliphatic carbocycles. The molecule has 7 nitrogen and oxygen atoms in total. The van der Waals surface area contributed by atoms with E-state index in [1.54, 1.807) is 7.11 Å². The zero-order valence-corrected chi connectivity index (χ0v) is 16.9. The number of carbonyl (C=O) groups is 2. The molecule has 1 atom stereocenters. The number of nitrogens with one attached hydrogen (secondary N) is 1. The number of aryl methyl sites for hydroxylation is 1. The molecule has 1 aromatic carbocycles. The zero-order valence-electron chi connectivity index (χ0n) is 16.1. The number of amides is 2. The number of aromatic nitrogens is 1. The first kappa shape index (κ1) is 20.1. The molecule has 3 rings (SSSR count). The van der Waals surface area contributed by atoms with Crippen molar-refractivity contribution >= 4 is 28.5 Å². The highest BCUT2D eigenvalue weighted by Crippen LogP contribution is 2.33. The van der Waals surface area contributed by atoms with Gasteiger partial charge < -0.3 is 20.1 Å². The Balaban J connectivity index is 1.73. The van der Waals surface area contributed by atoms with Gasteiger partial charge in [-0.15, -0.1) is 11.3 Å². The molecule has 2 aromatic rings. The van der Waals surface area contributed by atoms with Gasteiger partial charge in [0.05, 0.1) is 18.7 Å². The molecule has 0 bridgehead atoms. The summed E-state index contributed by atoms with van der Waals surface area (Å²) < 4.78 is 5.47. The third kappa shape index (κ3) is 4.62. The van der Waals surface area contributed by atoms with Gasteiger partial charge in [0.2, 0.25) is 5.91 Å². The molecule has 2 amide bonds. The number of hydrogen-bond acceptors (Lipinski definition) is 5. The number of benzene rings is 1. The van der Waals surface area contributed by atoms with Crippen LogP contribution in [0.3, 0.4) is 0 Å². The molecule has 0 radical (unpaired) electrons. The van der Waals surface area contributed by atoms with E-state index in [0.29, 0.717) is 24.5 Å². The van der Waals surface area contributed by atoms with E-state index in [9.17, 15) is 9.59 Å². The Labute approximate surface area is 168 Å². The summed E-state index contributed by atoms with van der Waals surface area (Å²) in [5, 5.41) is 14.4. The minimum atomic E-state index is -0.979. The number of ether oxygens (including phenoxy) is 1. The molecule has 0 saturated carbocycles. The van der Waals surface area contributed by atoms with Gasteiger partial charge in [0.15, 0.2) is 5.13 Å². The van der Waals surface area contributed by atoms with E-state index in [-0.39, 0.29) is 18.4 Å². The lowest BCUT2D eigenvalue weighted by atomic mass is 9.97. The lowest BCUT2D eigenvalue weighted by Gasteiger charge is -2.29. The van der Waals surface area contributed by atoms with Crippen LogP contribution in [-0.4, -0.2) is 47.2 Å². The minimum absolute atomic E-state index is 0.182. The first-order chi connectivity index (χ1) is 13.5. The summed E-state index contributed by atoms with van der Waals surface area (Å²) in [5.74, 6) is 0.213. The molecule has 1 aliphatic heterocycles.